The Bertz CT molecular complexity index is 153. The first-order valence-corrected chi connectivity index (χ1v) is 6.00. The minimum atomic E-state index is 0.896. The van der Waals surface area contributed by atoms with Crippen molar-refractivity contribution in [2.75, 3.05) is 6.54 Å². The third-order valence-corrected chi connectivity index (χ3v) is 4.19. The van der Waals surface area contributed by atoms with Crippen LogP contribution >= 0.6 is 0 Å². The lowest BCUT2D eigenvalue weighted by Crippen LogP contribution is -2.48. The van der Waals surface area contributed by atoms with Gasteiger partial charge in [-0.15, -0.1) is 0 Å². The molecule has 1 unspecified atom stereocenters. The van der Waals surface area contributed by atoms with Crippen LogP contribution in [0.2, 0.25) is 0 Å². The molecule has 1 aliphatic heterocycles. The summed E-state index contributed by atoms with van der Waals surface area (Å²) in [5.74, 6) is 2.95. The molecule has 13 heavy (non-hydrogen) atoms. The van der Waals surface area contributed by atoms with E-state index in [-0.39, 0.29) is 0 Å². The van der Waals surface area contributed by atoms with Crippen LogP contribution in [0.1, 0.15) is 46.0 Å². The Labute approximate surface area is 82.3 Å². The maximum absolute atomic E-state index is 3.56. The number of hydrogen-bond acceptors (Lipinski definition) is 1. The van der Waals surface area contributed by atoms with Gasteiger partial charge in [0.2, 0.25) is 0 Å². The quantitative estimate of drug-likeness (QED) is 0.690. The van der Waals surface area contributed by atoms with Crippen LogP contribution < -0.4 is 5.32 Å². The second-order valence-electron chi connectivity index (χ2n) is 5.27. The summed E-state index contributed by atoms with van der Waals surface area (Å²) in [6.07, 6.45) is 7.39. The van der Waals surface area contributed by atoms with Gasteiger partial charge in [0.05, 0.1) is 0 Å². The fourth-order valence-corrected chi connectivity index (χ4v) is 2.93. The molecule has 76 valence electrons. The summed E-state index contributed by atoms with van der Waals surface area (Å²) in [5.41, 5.74) is 0. The Balaban J connectivity index is 1.75. The van der Waals surface area contributed by atoms with Gasteiger partial charge in [0.1, 0.15) is 0 Å². The van der Waals surface area contributed by atoms with Crippen LogP contribution in [-0.4, -0.2) is 12.6 Å². The monoisotopic (exact) mass is 181 g/mol. The van der Waals surface area contributed by atoms with Crippen molar-refractivity contribution in [2.24, 2.45) is 17.8 Å². The third-order valence-electron chi connectivity index (χ3n) is 4.19. The van der Waals surface area contributed by atoms with Gasteiger partial charge in [0, 0.05) is 6.04 Å². The van der Waals surface area contributed by atoms with Gasteiger partial charge in [0.25, 0.3) is 0 Å². The molecule has 0 aromatic heterocycles. The highest BCUT2D eigenvalue weighted by Crippen LogP contribution is 2.36. The Morgan fingerprint density at radius 1 is 1.00 bits per heavy atom. The van der Waals surface area contributed by atoms with Crippen molar-refractivity contribution in [3.63, 3.8) is 0 Å². The van der Waals surface area contributed by atoms with Crippen LogP contribution in [0.4, 0.5) is 0 Å². The Morgan fingerprint density at radius 3 is 2.00 bits per heavy atom. The minimum Gasteiger partial charge on any atom is -0.314 e. The molecule has 1 atom stereocenters. The molecule has 1 N–H and O–H groups in total. The third kappa shape index (κ3) is 2.07. The first kappa shape index (κ1) is 9.51. The highest BCUT2D eigenvalue weighted by Gasteiger charge is 2.31. The van der Waals surface area contributed by atoms with Crippen molar-refractivity contribution < 1.29 is 0 Å². The van der Waals surface area contributed by atoms with Crippen LogP contribution in [0, 0.1) is 17.8 Å². The lowest BCUT2D eigenvalue weighted by Gasteiger charge is -2.40. The van der Waals surface area contributed by atoms with Gasteiger partial charge in [0.15, 0.2) is 0 Å². The Kier molecular flexibility index (Phi) is 2.92. The van der Waals surface area contributed by atoms with Gasteiger partial charge in [-0.1, -0.05) is 13.8 Å². The summed E-state index contributed by atoms with van der Waals surface area (Å²) in [6.45, 7) is 6.04. The molecule has 2 aliphatic rings. The van der Waals surface area contributed by atoms with Crippen molar-refractivity contribution in [3.05, 3.63) is 0 Å². The van der Waals surface area contributed by atoms with Crippen LogP contribution in [0.25, 0.3) is 0 Å². The average molecular weight is 181 g/mol. The summed E-state index contributed by atoms with van der Waals surface area (Å²) in [5, 5.41) is 3.56. The maximum atomic E-state index is 3.56. The molecule has 0 bridgehead atoms. The molecular weight excluding hydrogens is 158 g/mol. The van der Waals surface area contributed by atoms with Gasteiger partial charge in [-0.2, -0.15) is 0 Å². The number of rotatable bonds is 2. The molecule has 2 rings (SSSR count). The molecule has 0 radical (unpaired) electrons. The van der Waals surface area contributed by atoms with Gasteiger partial charge in [-0.05, 0) is 56.4 Å². The maximum Gasteiger partial charge on any atom is 0.0107 e. The summed E-state index contributed by atoms with van der Waals surface area (Å²) >= 11 is 0. The molecule has 0 aromatic carbocycles. The highest BCUT2D eigenvalue weighted by atomic mass is 15.0. The fraction of sp³-hybridized carbons (Fsp3) is 1.00. The van der Waals surface area contributed by atoms with Crippen molar-refractivity contribution >= 4 is 0 Å². The molecular formula is C12H23N. The van der Waals surface area contributed by atoms with Gasteiger partial charge in [-0.3, -0.25) is 0 Å². The largest absolute Gasteiger partial charge is 0.314 e. The normalized spacial score (nSPS) is 40.4. The van der Waals surface area contributed by atoms with E-state index in [1.54, 1.807) is 0 Å². The zero-order chi connectivity index (χ0) is 9.26. The zero-order valence-electron chi connectivity index (χ0n) is 9.05. The molecule has 1 heterocycles. The summed E-state index contributed by atoms with van der Waals surface area (Å²) < 4.78 is 0. The van der Waals surface area contributed by atoms with Crippen molar-refractivity contribution in [1.29, 1.82) is 0 Å². The Morgan fingerprint density at radius 2 is 1.62 bits per heavy atom. The second-order valence-corrected chi connectivity index (χ2v) is 5.27. The lowest BCUT2D eigenvalue weighted by atomic mass is 9.73. The first-order chi connectivity index (χ1) is 6.27. The van der Waals surface area contributed by atoms with E-state index in [2.05, 4.69) is 19.2 Å². The highest BCUT2D eigenvalue weighted by molar-refractivity contribution is 4.87. The number of hydrogen-bond donors (Lipinski definition) is 1. The summed E-state index contributed by atoms with van der Waals surface area (Å²) in [4.78, 5) is 0. The van der Waals surface area contributed by atoms with E-state index in [1.807, 2.05) is 0 Å². The minimum absolute atomic E-state index is 0.896. The SMILES string of the molecule is CC(C)C1CCC(C2CCN2)CC1. The van der Waals surface area contributed by atoms with Crippen molar-refractivity contribution in [1.82, 2.24) is 5.32 Å². The zero-order valence-corrected chi connectivity index (χ0v) is 9.05. The van der Waals surface area contributed by atoms with Gasteiger partial charge in [-0.25, -0.2) is 0 Å². The standard InChI is InChI=1S/C12H23N/c1-9(2)10-3-5-11(6-4-10)12-7-8-13-12/h9-13H,3-8H2,1-2H3. The van der Waals surface area contributed by atoms with E-state index in [0.29, 0.717) is 0 Å². The predicted octanol–water partition coefficient (Wildman–Crippen LogP) is 2.81. The Hall–Kier alpha value is -0.0400. The summed E-state index contributed by atoms with van der Waals surface area (Å²) in [6, 6.07) is 0.896. The molecule has 1 nitrogen and oxygen atoms in total. The molecule has 1 heteroatoms. The average Bonchev–Trinajstić information content (AvgIpc) is 2.02. The molecule has 0 spiro atoms. The molecule has 0 aromatic rings. The molecule has 1 saturated heterocycles. The van der Waals surface area contributed by atoms with Crippen LogP contribution in [-0.2, 0) is 0 Å². The van der Waals surface area contributed by atoms with E-state index >= 15 is 0 Å². The second kappa shape index (κ2) is 4.00. The topological polar surface area (TPSA) is 12.0 Å². The van der Waals surface area contributed by atoms with Crippen molar-refractivity contribution in [2.45, 2.75) is 52.0 Å². The van der Waals surface area contributed by atoms with E-state index in [4.69, 9.17) is 0 Å². The molecule has 1 saturated carbocycles. The fourth-order valence-electron chi connectivity index (χ4n) is 2.93. The smallest absolute Gasteiger partial charge is 0.0107 e. The van der Waals surface area contributed by atoms with E-state index in [1.165, 1.54) is 38.6 Å². The molecule has 0 amide bonds. The lowest BCUT2D eigenvalue weighted by molar-refractivity contribution is 0.156. The van der Waals surface area contributed by atoms with Gasteiger partial charge < -0.3 is 5.32 Å². The van der Waals surface area contributed by atoms with Crippen LogP contribution in [0.15, 0.2) is 0 Å². The summed E-state index contributed by atoms with van der Waals surface area (Å²) in [7, 11) is 0. The molecule has 2 fully saturated rings. The number of nitrogens with one attached hydrogen (secondary N) is 1. The van der Waals surface area contributed by atoms with E-state index < -0.39 is 0 Å². The molecule has 1 aliphatic carbocycles. The first-order valence-electron chi connectivity index (χ1n) is 6.00. The van der Waals surface area contributed by atoms with Crippen LogP contribution in [0.5, 0.6) is 0 Å². The van der Waals surface area contributed by atoms with Crippen molar-refractivity contribution in [3.8, 4) is 0 Å². The van der Waals surface area contributed by atoms with Crippen LogP contribution in [0.3, 0.4) is 0 Å². The van der Waals surface area contributed by atoms with E-state index in [0.717, 1.165) is 23.8 Å². The predicted molar refractivity (Wildman–Crippen MR) is 56.7 cm³/mol. The van der Waals surface area contributed by atoms with E-state index in [9.17, 15) is 0 Å². The van der Waals surface area contributed by atoms with Gasteiger partial charge >= 0.3 is 0 Å².